The van der Waals surface area contributed by atoms with Crippen LogP contribution in [0.25, 0.3) is 0 Å². The first-order valence-corrected chi connectivity index (χ1v) is 5.99. The molecule has 2 rings (SSSR count). The Morgan fingerprint density at radius 1 is 1.62 bits per heavy atom. The molecule has 3 N–H and O–H groups in total. The fraction of sp³-hybridized carbons (Fsp3) is 0.364. The number of nitrogens with two attached hydrogens (primary N) is 1. The van der Waals surface area contributed by atoms with E-state index in [1.165, 1.54) is 10.5 Å². The number of hydrogen-bond acceptors (Lipinski definition) is 3. The molecule has 0 aromatic heterocycles. The lowest BCUT2D eigenvalue weighted by atomic mass is 10.1. The van der Waals surface area contributed by atoms with Crippen molar-refractivity contribution in [2.75, 3.05) is 0 Å². The Labute approximate surface area is 98.4 Å². The summed E-state index contributed by atoms with van der Waals surface area (Å²) in [5, 5.41) is 10.3. The number of rotatable bonds is 2. The van der Waals surface area contributed by atoms with Crippen molar-refractivity contribution in [1.29, 1.82) is 0 Å². The van der Waals surface area contributed by atoms with Crippen LogP contribution in [0, 0.1) is 0 Å². The Hall–Kier alpha value is -1.20. The Kier molecular flexibility index (Phi) is 3.07. The van der Waals surface area contributed by atoms with Crippen molar-refractivity contribution in [1.82, 2.24) is 5.06 Å². The zero-order valence-corrected chi connectivity index (χ0v) is 9.78. The van der Waals surface area contributed by atoms with Crippen LogP contribution < -0.4 is 5.73 Å². The molecule has 2 amide bonds. The molecule has 1 heterocycles. The highest BCUT2D eigenvalue weighted by molar-refractivity contribution is 8.00. The van der Waals surface area contributed by atoms with E-state index >= 15 is 0 Å². The molecule has 0 saturated carbocycles. The van der Waals surface area contributed by atoms with Crippen molar-refractivity contribution in [3.05, 3.63) is 29.8 Å². The first-order valence-electron chi connectivity index (χ1n) is 5.11. The van der Waals surface area contributed by atoms with Crippen molar-refractivity contribution in [3.8, 4) is 0 Å². The average molecular weight is 238 g/mol. The zero-order valence-electron chi connectivity index (χ0n) is 8.96. The average Bonchev–Trinajstić information content (AvgIpc) is 2.70. The minimum Gasteiger partial charge on any atom is -0.350 e. The van der Waals surface area contributed by atoms with Crippen LogP contribution in [0.3, 0.4) is 0 Å². The molecule has 86 valence electrons. The van der Waals surface area contributed by atoms with Gasteiger partial charge in [-0.05, 0) is 25.0 Å². The van der Waals surface area contributed by atoms with Crippen molar-refractivity contribution >= 4 is 17.8 Å². The van der Waals surface area contributed by atoms with Gasteiger partial charge in [-0.3, -0.25) is 5.21 Å². The summed E-state index contributed by atoms with van der Waals surface area (Å²) in [7, 11) is 0. The third-order valence-electron chi connectivity index (χ3n) is 2.82. The van der Waals surface area contributed by atoms with Crippen LogP contribution in [0.2, 0.25) is 0 Å². The minimum atomic E-state index is -0.802. The summed E-state index contributed by atoms with van der Waals surface area (Å²) >= 11 is 1.68. The van der Waals surface area contributed by atoms with Crippen molar-refractivity contribution in [2.45, 2.75) is 29.5 Å². The summed E-state index contributed by atoms with van der Waals surface area (Å²) in [5.41, 5.74) is 6.30. The van der Waals surface area contributed by atoms with Gasteiger partial charge in [0.25, 0.3) is 0 Å². The van der Waals surface area contributed by atoms with Crippen molar-refractivity contribution in [3.63, 3.8) is 0 Å². The van der Waals surface area contributed by atoms with Gasteiger partial charge in [0.2, 0.25) is 0 Å². The standard InChI is InChI=1S/C11H14N2O2S/c1-7(13(15)11(12)14)10-6-8-4-2-3-5-9(8)16-10/h2-5,7,10,15H,6H2,1H3,(H2,12,14). The number of urea groups is 1. The number of fused-ring (bicyclic) bond motifs is 1. The monoisotopic (exact) mass is 238 g/mol. The van der Waals surface area contributed by atoms with Crippen LogP contribution >= 0.6 is 11.8 Å². The summed E-state index contributed by atoms with van der Waals surface area (Å²) in [6.07, 6.45) is 0.854. The smallest absolute Gasteiger partial charge is 0.338 e. The molecule has 16 heavy (non-hydrogen) atoms. The Bertz CT molecular complexity index is 386. The predicted octanol–water partition coefficient (Wildman–Crippen LogP) is 1.86. The molecule has 1 aliphatic rings. The van der Waals surface area contributed by atoms with Crippen LogP contribution in [0.5, 0.6) is 0 Å². The Balaban J connectivity index is 2.09. The maximum Gasteiger partial charge on any atom is 0.338 e. The molecule has 0 spiro atoms. The molecule has 2 atom stereocenters. The van der Waals surface area contributed by atoms with Gasteiger partial charge in [0.1, 0.15) is 0 Å². The van der Waals surface area contributed by atoms with E-state index in [1.54, 1.807) is 18.7 Å². The predicted molar refractivity (Wildman–Crippen MR) is 62.5 cm³/mol. The van der Waals surface area contributed by atoms with Crippen molar-refractivity contribution in [2.24, 2.45) is 5.73 Å². The SMILES string of the molecule is CC(C1Cc2ccccc2S1)N(O)C(N)=O. The lowest BCUT2D eigenvalue weighted by Gasteiger charge is -2.25. The first kappa shape index (κ1) is 11.3. The van der Waals surface area contributed by atoms with Crippen LogP contribution in [-0.4, -0.2) is 27.6 Å². The molecule has 0 bridgehead atoms. The molecule has 1 aromatic rings. The minimum absolute atomic E-state index is 0.162. The summed E-state index contributed by atoms with van der Waals surface area (Å²) in [5.74, 6) is 0. The highest BCUT2D eigenvalue weighted by Crippen LogP contribution is 2.39. The lowest BCUT2D eigenvalue weighted by Crippen LogP contribution is -2.44. The molecule has 1 aromatic carbocycles. The second-order valence-corrected chi connectivity index (χ2v) is 5.17. The number of hydrogen-bond donors (Lipinski definition) is 2. The summed E-state index contributed by atoms with van der Waals surface area (Å²) in [6, 6.07) is 7.03. The van der Waals surface area contributed by atoms with Gasteiger partial charge in [0, 0.05) is 10.1 Å². The van der Waals surface area contributed by atoms with Gasteiger partial charge in [-0.15, -0.1) is 11.8 Å². The molecule has 1 aliphatic heterocycles. The number of amides is 2. The summed E-state index contributed by atoms with van der Waals surface area (Å²) in [4.78, 5) is 12.1. The summed E-state index contributed by atoms with van der Waals surface area (Å²) < 4.78 is 0. The number of nitrogens with zero attached hydrogens (tertiary/aromatic N) is 1. The molecule has 5 heteroatoms. The quantitative estimate of drug-likeness (QED) is 0.610. The number of hydroxylamine groups is 2. The van der Waals surface area contributed by atoms with E-state index in [4.69, 9.17) is 5.73 Å². The fourth-order valence-corrected chi connectivity index (χ4v) is 3.20. The lowest BCUT2D eigenvalue weighted by molar-refractivity contribution is -0.0694. The van der Waals surface area contributed by atoms with E-state index in [0.29, 0.717) is 5.06 Å². The number of primary amides is 1. The highest BCUT2D eigenvalue weighted by atomic mass is 32.2. The molecule has 0 fully saturated rings. The van der Waals surface area contributed by atoms with E-state index in [9.17, 15) is 10.0 Å². The van der Waals surface area contributed by atoms with Gasteiger partial charge in [0.15, 0.2) is 0 Å². The largest absolute Gasteiger partial charge is 0.350 e. The van der Waals surface area contributed by atoms with E-state index in [0.717, 1.165) is 6.42 Å². The number of carbonyl (C=O) groups excluding carboxylic acids is 1. The third kappa shape index (κ3) is 2.01. The van der Waals surface area contributed by atoms with Gasteiger partial charge < -0.3 is 5.73 Å². The molecule has 4 nitrogen and oxygen atoms in total. The zero-order chi connectivity index (χ0) is 11.7. The van der Waals surface area contributed by atoms with Gasteiger partial charge in [-0.1, -0.05) is 18.2 Å². The molecule has 0 radical (unpaired) electrons. The Morgan fingerprint density at radius 3 is 2.94 bits per heavy atom. The Morgan fingerprint density at radius 2 is 2.31 bits per heavy atom. The van der Waals surface area contributed by atoms with Crippen LogP contribution in [0.4, 0.5) is 4.79 Å². The molecule has 0 aliphatic carbocycles. The summed E-state index contributed by atoms with van der Waals surface area (Å²) in [6.45, 7) is 1.80. The second kappa shape index (κ2) is 4.35. The van der Waals surface area contributed by atoms with Gasteiger partial charge in [0.05, 0.1) is 6.04 Å². The van der Waals surface area contributed by atoms with E-state index in [1.807, 2.05) is 12.1 Å². The van der Waals surface area contributed by atoms with Crippen molar-refractivity contribution < 1.29 is 10.0 Å². The second-order valence-electron chi connectivity index (χ2n) is 3.89. The maximum absolute atomic E-state index is 10.9. The molecule has 0 saturated heterocycles. The number of benzene rings is 1. The van der Waals surface area contributed by atoms with Crippen LogP contribution in [-0.2, 0) is 6.42 Å². The van der Waals surface area contributed by atoms with E-state index in [2.05, 4.69) is 12.1 Å². The van der Waals surface area contributed by atoms with Gasteiger partial charge in [-0.25, -0.2) is 9.86 Å². The van der Waals surface area contributed by atoms with E-state index < -0.39 is 6.03 Å². The first-order chi connectivity index (χ1) is 7.59. The molecular weight excluding hydrogens is 224 g/mol. The molecule has 2 unspecified atom stereocenters. The van der Waals surface area contributed by atoms with Crippen LogP contribution in [0.1, 0.15) is 12.5 Å². The van der Waals surface area contributed by atoms with Crippen LogP contribution in [0.15, 0.2) is 29.2 Å². The maximum atomic E-state index is 10.9. The number of carbonyl (C=O) groups is 1. The number of thioether (sulfide) groups is 1. The normalized spacial score (nSPS) is 20.2. The topological polar surface area (TPSA) is 66.6 Å². The van der Waals surface area contributed by atoms with Gasteiger partial charge >= 0.3 is 6.03 Å². The van der Waals surface area contributed by atoms with E-state index in [-0.39, 0.29) is 11.3 Å². The van der Waals surface area contributed by atoms with Gasteiger partial charge in [-0.2, -0.15) is 0 Å². The third-order valence-corrected chi connectivity index (χ3v) is 4.34. The highest BCUT2D eigenvalue weighted by Gasteiger charge is 2.31. The molecular formula is C11H14N2O2S. The fourth-order valence-electron chi connectivity index (χ4n) is 1.84.